The Hall–Kier alpha value is -5.50. The first-order valence-corrected chi connectivity index (χ1v) is 18.7. The predicted molar refractivity (Wildman–Crippen MR) is 175 cm³/mol. The average Bonchev–Trinajstić information content (AvgIpc) is 3.59. The highest BCUT2D eigenvalue weighted by atomic mass is 32.2. The number of sulfone groups is 1. The third kappa shape index (κ3) is 8.28. The number of carboxylic acids is 1. The lowest BCUT2D eigenvalue weighted by molar-refractivity contribution is -0.161. The molecule has 4 heterocycles. The molecule has 1 saturated heterocycles. The van der Waals surface area contributed by atoms with Gasteiger partial charge in [0.1, 0.15) is 21.6 Å². The average molecular weight is 775 g/mol. The monoisotopic (exact) mass is 774 g/mol. The van der Waals surface area contributed by atoms with Gasteiger partial charge in [-0.1, -0.05) is 9.24 Å². The zero-order valence-electron chi connectivity index (χ0n) is 27.0. The number of hydrogen-bond acceptors (Lipinski definition) is 18. The maximum absolute atomic E-state index is 13.2. The molecule has 0 aromatic carbocycles. The molecule has 26 heteroatoms. The Labute approximate surface area is 291 Å². The maximum atomic E-state index is 13.2. The number of oxime groups is 1. The number of ketones is 1. The Kier molecular flexibility index (Phi) is 10.5. The molecular weight excluding hydrogens is 745 g/mol. The highest BCUT2D eigenvalue weighted by molar-refractivity contribution is 7.90. The number of nitrogens with zero attached hydrogens (tertiary/aromatic N) is 7. The van der Waals surface area contributed by atoms with Crippen molar-refractivity contribution in [1.29, 1.82) is 0 Å². The van der Waals surface area contributed by atoms with Crippen molar-refractivity contribution in [2.45, 2.75) is 57.8 Å². The summed E-state index contributed by atoms with van der Waals surface area (Å²) in [4.78, 5) is 89.1. The van der Waals surface area contributed by atoms with Gasteiger partial charge in [0, 0.05) is 18.2 Å². The molecule has 4 rings (SSSR count). The number of allylic oxidation sites excluding steroid dienone is 1. The first-order valence-electron chi connectivity index (χ1n) is 14.3. The second-order valence-corrected chi connectivity index (χ2v) is 16.2. The van der Waals surface area contributed by atoms with Gasteiger partial charge in [-0.2, -0.15) is 8.42 Å². The number of urea groups is 1. The number of nitrogens with two attached hydrogens (primary N) is 1. The van der Waals surface area contributed by atoms with Gasteiger partial charge < -0.3 is 26.1 Å². The lowest BCUT2D eigenvalue weighted by atomic mass is 9.97. The number of thiazole rings is 1. The van der Waals surface area contributed by atoms with Gasteiger partial charge in [-0.3, -0.25) is 28.8 Å². The number of rotatable bonds is 13. The summed E-state index contributed by atoms with van der Waals surface area (Å²) in [6.07, 6.45) is 0.895. The summed E-state index contributed by atoms with van der Waals surface area (Å²) in [6, 6.07) is -4.18. The number of aliphatic imine (C=N–C) groups is 1. The quantitative estimate of drug-likeness (QED) is 0.0796. The first-order chi connectivity index (χ1) is 23.5. The van der Waals surface area contributed by atoms with Gasteiger partial charge in [-0.15, -0.1) is 16.4 Å². The second-order valence-electron chi connectivity index (χ2n) is 11.5. The van der Waals surface area contributed by atoms with Gasteiger partial charge in [0.15, 0.2) is 22.4 Å². The number of β-lactam (4-membered cyclic amide) rings is 1. The van der Waals surface area contributed by atoms with Crippen molar-refractivity contribution in [3.05, 3.63) is 39.3 Å². The van der Waals surface area contributed by atoms with E-state index < -0.39 is 109 Å². The molecule has 2 aromatic heterocycles. The van der Waals surface area contributed by atoms with Crippen LogP contribution in [-0.4, -0.2) is 121 Å². The zero-order chi connectivity index (χ0) is 38.2. The van der Waals surface area contributed by atoms with E-state index in [-0.39, 0.29) is 27.0 Å². The van der Waals surface area contributed by atoms with E-state index in [4.69, 9.17) is 10.6 Å². The molecule has 0 aliphatic carbocycles. The largest absolute Gasteiger partial charge is 0.503 e. The van der Waals surface area contributed by atoms with Gasteiger partial charge >= 0.3 is 27.9 Å². The molecule has 2 unspecified atom stereocenters. The SMILES string of the molecule is CC1C(NC(=O)C(=NOC(C)(C)C(=O)O)c2csc(N)n2)C(=O)N1C(=O)NS(=O)(=O)n1nc(C2=NC=C(O)C(=O)C2)n(CCCS(C)(=O)=O)c1=O. The van der Waals surface area contributed by atoms with E-state index in [9.17, 15) is 55.8 Å². The third-order valence-corrected chi connectivity index (χ3v) is 9.98. The summed E-state index contributed by atoms with van der Waals surface area (Å²) in [5.74, 6) is -6.05. The molecular formula is C25H30N10O13S3. The minimum atomic E-state index is -5.23. The smallest absolute Gasteiger partial charge is 0.362 e. The van der Waals surface area contributed by atoms with Crippen molar-refractivity contribution in [1.82, 2.24) is 33.7 Å². The fourth-order valence-electron chi connectivity index (χ4n) is 4.37. The molecule has 2 aliphatic rings. The summed E-state index contributed by atoms with van der Waals surface area (Å²) in [6.45, 7) is 3.16. The van der Waals surface area contributed by atoms with Crippen molar-refractivity contribution in [2.24, 2.45) is 10.1 Å². The number of carbonyl (C=O) groups is 5. The Bertz CT molecular complexity index is 2200. The molecule has 51 heavy (non-hydrogen) atoms. The molecule has 2 atom stereocenters. The van der Waals surface area contributed by atoms with Crippen LogP contribution in [0.5, 0.6) is 0 Å². The Morgan fingerprint density at radius 2 is 1.86 bits per heavy atom. The van der Waals surface area contributed by atoms with Gasteiger partial charge in [-0.05, 0) is 27.2 Å². The van der Waals surface area contributed by atoms with Crippen molar-refractivity contribution >= 4 is 77.5 Å². The zero-order valence-corrected chi connectivity index (χ0v) is 29.4. The van der Waals surface area contributed by atoms with Crippen LogP contribution in [0.1, 0.15) is 45.1 Å². The number of amides is 4. The topological polar surface area (TPSA) is 334 Å². The van der Waals surface area contributed by atoms with Crippen LogP contribution in [-0.2, 0) is 50.6 Å². The van der Waals surface area contributed by atoms with Gasteiger partial charge in [0.2, 0.25) is 11.4 Å². The van der Waals surface area contributed by atoms with Crippen LogP contribution in [0.15, 0.2) is 32.3 Å². The number of hydrogen-bond donors (Lipinski definition) is 5. The number of imide groups is 1. The van der Waals surface area contributed by atoms with Crippen LogP contribution in [0.3, 0.4) is 0 Å². The molecule has 276 valence electrons. The standard InChI is InChI=1S/C25H30N10O13S3/c1-11-16(29-19(38)17(13-10-49-22(26)28-13)31-48-25(2,3)21(40)41)20(39)34(11)23(42)32-51(46,47)35-24(43)33(6-5-7-50(4,44)45)18(30-35)12-8-14(36)15(37)9-27-12/h9-11,16,37H,5-8H2,1-4H3,(H2,26,28)(H,29,38)(H,32,42)(H,40,41). The number of aliphatic hydroxyl groups is 1. The van der Waals surface area contributed by atoms with E-state index in [2.05, 4.69) is 25.5 Å². The van der Waals surface area contributed by atoms with Crippen molar-refractivity contribution in [3.8, 4) is 0 Å². The Balaban J connectivity index is 1.54. The van der Waals surface area contributed by atoms with Crippen LogP contribution in [0, 0.1) is 0 Å². The minimum Gasteiger partial charge on any atom is -0.503 e. The first kappa shape index (κ1) is 38.3. The number of aromatic nitrogens is 4. The number of carboxylic acid groups (broad SMARTS) is 1. The van der Waals surface area contributed by atoms with E-state index >= 15 is 0 Å². The molecule has 2 aromatic rings. The molecule has 4 amide bonds. The summed E-state index contributed by atoms with van der Waals surface area (Å²) in [7, 11) is -8.73. The van der Waals surface area contributed by atoms with Crippen LogP contribution in [0.4, 0.5) is 9.93 Å². The van der Waals surface area contributed by atoms with Gasteiger partial charge in [0.05, 0.1) is 30.1 Å². The molecule has 0 radical (unpaired) electrons. The number of nitrogens with one attached hydrogen (secondary N) is 2. The molecule has 6 N–H and O–H groups in total. The number of nitrogen functional groups attached to an aromatic ring is 1. The normalized spacial score (nSPS) is 18.4. The lowest BCUT2D eigenvalue weighted by Gasteiger charge is -2.43. The summed E-state index contributed by atoms with van der Waals surface area (Å²) in [5, 5.41) is 29.8. The molecule has 1 fully saturated rings. The van der Waals surface area contributed by atoms with E-state index in [1.807, 2.05) is 0 Å². The van der Waals surface area contributed by atoms with E-state index in [0.717, 1.165) is 42.2 Å². The van der Waals surface area contributed by atoms with Crippen LogP contribution < -0.4 is 21.5 Å². The fourth-order valence-corrected chi connectivity index (χ4v) is 6.47. The van der Waals surface area contributed by atoms with Crippen molar-refractivity contribution < 1.29 is 55.9 Å². The van der Waals surface area contributed by atoms with Gasteiger partial charge in [-0.25, -0.2) is 32.5 Å². The van der Waals surface area contributed by atoms with Crippen molar-refractivity contribution in [3.63, 3.8) is 0 Å². The molecule has 23 nitrogen and oxygen atoms in total. The summed E-state index contributed by atoms with van der Waals surface area (Å²) in [5.41, 5.74) is 1.41. The van der Waals surface area contributed by atoms with E-state index in [0.29, 0.717) is 4.90 Å². The number of aliphatic carboxylic acids is 1. The highest BCUT2D eigenvalue weighted by Crippen LogP contribution is 2.22. The van der Waals surface area contributed by atoms with Crippen molar-refractivity contribution in [2.75, 3.05) is 17.7 Å². The maximum Gasteiger partial charge on any atom is 0.362 e. The number of carbonyl (C=O) groups excluding carboxylic acids is 4. The second kappa shape index (κ2) is 14.0. The number of Topliss-reactive ketones (excluding diaryl/α,β-unsaturated/α-hetero) is 1. The highest BCUT2D eigenvalue weighted by Gasteiger charge is 2.50. The number of aliphatic hydroxyl groups excluding tert-OH is 1. The fraction of sp³-hybridized carbons (Fsp3) is 0.440. The Morgan fingerprint density at radius 1 is 1.20 bits per heavy atom. The summed E-state index contributed by atoms with van der Waals surface area (Å²) < 4.78 is 51.8. The molecule has 0 bridgehead atoms. The summed E-state index contributed by atoms with van der Waals surface area (Å²) >= 11 is 0.913. The molecule has 0 spiro atoms. The van der Waals surface area contributed by atoms with Crippen LogP contribution in [0.25, 0.3) is 0 Å². The van der Waals surface area contributed by atoms with Gasteiger partial charge in [0.25, 0.3) is 11.8 Å². The number of anilines is 1. The van der Waals surface area contributed by atoms with Crippen LogP contribution >= 0.6 is 11.3 Å². The molecule has 0 saturated carbocycles. The number of likely N-dealkylation sites (tertiary alicyclic amines) is 1. The van der Waals surface area contributed by atoms with E-state index in [1.165, 1.54) is 17.0 Å². The van der Waals surface area contributed by atoms with Crippen LogP contribution in [0.2, 0.25) is 0 Å². The minimum absolute atomic E-state index is 0.0152. The van der Waals surface area contributed by atoms with E-state index in [1.54, 1.807) is 0 Å². The molecule has 2 aliphatic heterocycles. The Morgan fingerprint density at radius 3 is 2.41 bits per heavy atom. The lowest BCUT2D eigenvalue weighted by Crippen LogP contribution is -2.73. The predicted octanol–water partition coefficient (Wildman–Crippen LogP) is -2.52. The third-order valence-electron chi connectivity index (χ3n) is 7.15.